The molecule has 4 rings (SSSR count). The first kappa shape index (κ1) is 20.6. The average Bonchev–Trinajstić information content (AvgIpc) is 3.14. The minimum atomic E-state index is -0.662. The van der Waals surface area contributed by atoms with Crippen LogP contribution in [0.3, 0.4) is 0 Å². The van der Waals surface area contributed by atoms with E-state index in [9.17, 15) is 9.59 Å². The quantitative estimate of drug-likeness (QED) is 0.465. The monoisotopic (exact) mass is 439 g/mol. The van der Waals surface area contributed by atoms with Gasteiger partial charge in [-0.05, 0) is 37.5 Å². The predicted molar refractivity (Wildman–Crippen MR) is 124 cm³/mol. The molecule has 1 amide bonds. The Bertz CT molecular complexity index is 1290. The molecule has 0 radical (unpaired) electrons. The molecule has 0 saturated heterocycles. The molecule has 1 N–H and O–H groups in total. The third kappa shape index (κ3) is 3.73. The highest BCUT2D eigenvalue weighted by Crippen LogP contribution is 2.33. The summed E-state index contributed by atoms with van der Waals surface area (Å²) < 4.78 is 3.28. The number of rotatable bonds is 6. The molecule has 4 aromatic rings. The number of carbonyl (C=O) groups excluding carboxylic acids is 1. The van der Waals surface area contributed by atoms with E-state index in [4.69, 9.17) is 11.6 Å². The molecule has 0 saturated carbocycles. The fraction of sp³-hybridized carbons (Fsp3) is 0.261. The van der Waals surface area contributed by atoms with Gasteiger partial charge in [0.15, 0.2) is 0 Å². The molecule has 5 nitrogen and oxygen atoms in total. The molecule has 0 aliphatic carbocycles. The zero-order chi connectivity index (χ0) is 21.3. The Morgan fingerprint density at radius 1 is 1.20 bits per heavy atom. The van der Waals surface area contributed by atoms with Crippen molar-refractivity contribution in [2.45, 2.75) is 32.7 Å². The molecule has 0 fully saturated rings. The highest BCUT2D eigenvalue weighted by molar-refractivity contribution is 7.26. The Labute approximate surface area is 183 Å². The minimum Gasteiger partial charge on any atom is -0.354 e. The number of aryl methyl sites for hydroxylation is 1. The van der Waals surface area contributed by atoms with Crippen LogP contribution in [0.1, 0.15) is 30.6 Å². The summed E-state index contributed by atoms with van der Waals surface area (Å²) in [5.41, 5.74) is 1.51. The molecular formula is C23H22ClN3O2S. The Kier molecular flexibility index (Phi) is 5.88. The van der Waals surface area contributed by atoms with E-state index in [0.29, 0.717) is 29.8 Å². The molecule has 2 aromatic heterocycles. The largest absolute Gasteiger partial charge is 0.354 e. The second kappa shape index (κ2) is 8.58. The molecule has 0 aliphatic heterocycles. The highest BCUT2D eigenvalue weighted by atomic mass is 35.5. The molecule has 0 aliphatic rings. The minimum absolute atomic E-state index is 0.211. The van der Waals surface area contributed by atoms with Gasteiger partial charge in [0.05, 0.1) is 15.8 Å². The first-order valence-corrected chi connectivity index (χ1v) is 11.1. The molecule has 30 heavy (non-hydrogen) atoms. The van der Waals surface area contributed by atoms with Crippen LogP contribution in [0.5, 0.6) is 0 Å². The van der Waals surface area contributed by atoms with Crippen LogP contribution in [-0.2, 0) is 11.2 Å². The van der Waals surface area contributed by atoms with Crippen molar-refractivity contribution >= 4 is 49.0 Å². The van der Waals surface area contributed by atoms with Gasteiger partial charge in [0, 0.05) is 21.7 Å². The third-order valence-electron chi connectivity index (χ3n) is 5.24. The molecule has 1 atom stereocenters. The zero-order valence-electron chi connectivity index (χ0n) is 16.8. The molecule has 2 aromatic carbocycles. The number of carbonyl (C=O) groups is 1. The topological polar surface area (TPSA) is 64.0 Å². The van der Waals surface area contributed by atoms with Gasteiger partial charge < -0.3 is 5.32 Å². The van der Waals surface area contributed by atoms with Gasteiger partial charge in [0.25, 0.3) is 5.56 Å². The fourth-order valence-corrected chi connectivity index (χ4v) is 5.06. The van der Waals surface area contributed by atoms with Gasteiger partial charge in [0.2, 0.25) is 5.91 Å². The van der Waals surface area contributed by atoms with Crippen molar-refractivity contribution in [1.29, 1.82) is 0 Å². The maximum Gasteiger partial charge on any atom is 0.276 e. The third-order valence-corrected chi connectivity index (χ3v) is 6.89. The number of fused-ring (bicyclic) bond motifs is 3. The van der Waals surface area contributed by atoms with Crippen LogP contribution < -0.4 is 10.9 Å². The highest BCUT2D eigenvalue weighted by Gasteiger charge is 2.24. The SMILES string of the molecule is CC[C@H](C(=O)NCCc1ccccc1Cl)n1nc(C)c2sc3ccccc3c2c1=O. The summed E-state index contributed by atoms with van der Waals surface area (Å²) in [5, 5.41) is 9.68. The van der Waals surface area contributed by atoms with E-state index in [1.807, 2.05) is 62.4 Å². The van der Waals surface area contributed by atoms with Gasteiger partial charge in [-0.25, -0.2) is 4.68 Å². The molecule has 0 bridgehead atoms. The predicted octanol–water partition coefficient (Wildman–Crippen LogP) is 4.88. The average molecular weight is 440 g/mol. The first-order chi connectivity index (χ1) is 14.5. The van der Waals surface area contributed by atoms with E-state index in [0.717, 1.165) is 26.0 Å². The normalized spacial score (nSPS) is 12.4. The number of nitrogens with zero attached hydrogens (tertiary/aromatic N) is 2. The van der Waals surface area contributed by atoms with Gasteiger partial charge in [0.1, 0.15) is 6.04 Å². The summed E-state index contributed by atoms with van der Waals surface area (Å²) >= 11 is 7.75. The van der Waals surface area contributed by atoms with Crippen molar-refractivity contribution in [1.82, 2.24) is 15.1 Å². The molecule has 0 unspecified atom stereocenters. The molecular weight excluding hydrogens is 418 g/mol. The number of hydrogen-bond donors (Lipinski definition) is 1. The van der Waals surface area contributed by atoms with Crippen molar-refractivity contribution in [2.75, 3.05) is 6.54 Å². The second-order valence-electron chi connectivity index (χ2n) is 7.19. The van der Waals surface area contributed by atoms with Crippen molar-refractivity contribution in [3.8, 4) is 0 Å². The summed E-state index contributed by atoms with van der Waals surface area (Å²) in [6.07, 6.45) is 1.09. The van der Waals surface area contributed by atoms with Gasteiger partial charge in [-0.15, -0.1) is 11.3 Å². The summed E-state index contributed by atoms with van der Waals surface area (Å²) in [6, 6.07) is 14.7. The van der Waals surface area contributed by atoms with Crippen LogP contribution in [0.4, 0.5) is 0 Å². The van der Waals surface area contributed by atoms with Gasteiger partial charge in [-0.3, -0.25) is 9.59 Å². The summed E-state index contributed by atoms with van der Waals surface area (Å²) in [5.74, 6) is -0.211. The van der Waals surface area contributed by atoms with Crippen molar-refractivity contribution in [3.05, 3.63) is 75.2 Å². The van der Waals surface area contributed by atoms with Crippen LogP contribution in [-0.4, -0.2) is 22.2 Å². The number of aromatic nitrogens is 2. The summed E-state index contributed by atoms with van der Waals surface area (Å²) in [4.78, 5) is 26.2. The van der Waals surface area contributed by atoms with E-state index in [2.05, 4.69) is 10.4 Å². The Hall–Kier alpha value is -2.70. The number of halogens is 1. The van der Waals surface area contributed by atoms with E-state index in [-0.39, 0.29) is 11.5 Å². The molecule has 154 valence electrons. The fourth-order valence-electron chi connectivity index (χ4n) is 3.70. The zero-order valence-corrected chi connectivity index (χ0v) is 18.4. The van der Waals surface area contributed by atoms with Crippen molar-refractivity contribution in [2.24, 2.45) is 0 Å². The Balaban J connectivity index is 1.63. The van der Waals surface area contributed by atoms with Crippen LogP contribution in [0.15, 0.2) is 53.3 Å². The summed E-state index contributed by atoms with van der Waals surface area (Å²) in [6.45, 7) is 4.21. The standard InChI is InChI=1S/C23H22ClN3O2S/c1-3-18(22(28)25-13-12-15-8-4-6-10-17(15)24)27-23(29)20-16-9-5-7-11-19(16)30-21(20)14(2)26-27/h4-11,18H,3,12-13H2,1-2H3,(H,25,28)/t18-/m1/s1. The van der Waals surface area contributed by atoms with Crippen LogP contribution in [0.2, 0.25) is 5.02 Å². The van der Waals surface area contributed by atoms with E-state index < -0.39 is 6.04 Å². The number of benzene rings is 2. The van der Waals surface area contributed by atoms with Gasteiger partial charge >= 0.3 is 0 Å². The van der Waals surface area contributed by atoms with Crippen LogP contribution in [0.25, 0.3) is 20.2 Å². The van der Waals surface area contributed by atoms with E-state index >= 15 is 0 Å². The van der Waals surface area contributed by atoms with Crippen LogP contribution in [0, 0.1) is 6.92 Å². The number of nitrogens with one attached hydrogen (secondary N) is 1. The van der Waals surface area contributed by atoms with Gasteiger partial charge in [-0.2, -0.15) is 5.10 Å². The van der Waals surface area contributed by atoms with E-state index in [1.165, 1.54) is 4.68 Å². The number of hydrogen-bond acceptors (Lipinski definition) is 4. The maximum atomic E-state index is 13.3. The van der Waals surface area contributed by atoms with Crippen molar-refractivity contribution in [3.63, 3.8) is 0 Å². The Morgan fingerprint density at radius 2 is 1.93 bits per heavy atom. The second-order valence-corrected chi connectivity index (χ2v) is 8.65. The molecule has 7 heteroatoms. The Morgan fingerprint density at radius 3 is 2.70 bits per heavy atom. The van der Waals surface area contributed by atoms with Gasteiger partial charge in [-0.1, -0.05) is 54.9 Å². The van der Waals surface area contributed by atoms with Crippen LogP contribution >= 0.6 is 22.9 Å². The molecule has 0 spiro atoms. The first-order valence-electron chi connectivity index (χ1n) is 9.93. The van der Waals surface area contributed by atoms with E-state index in [1.54, 1.807) is 11.3 Å². The maximum absolute atomic E-state index is 13.3. The summed E-state index contributed by atoms with van der Waals surface area (Å²) in [7, 11) is 0. The number of thiophene rings is 1. The lowest BCUT2D eigenvalue weighted by Crippen LogP contribution is -2.39. The number of amides is 1. The van der Waals surface area contributed by atoms with Crippen molar-refractivity contribution < 1.29 is 4.79 Å². The lowest BCUT2D eigenvalue weighted by Gasteiger charge is -2.17. The lowest BCUT2D eigenvalue weighted by atomic mass is 10.1. The smallest absolute Gasteiger partial charge is 0.276 e. The lowest BCUT2D eigenvalue weighted by molar-refractivity contribution is -0.124. The molecule has 2 heterocycles.